The molecule has 8 aromatic heterocycles. The number of anilines is 3. The SMILES string of the molecule is C1COCCN1.CS(=O)(=O)c1nc(Cl)cc(Cl)n1.Cl.Fc1cn[nH]c1.Fc1cnn(-c2nc(Cl)cc(Cl)n2)c1.Fc1cnn(-c2nc(Cl)cc(NC3CCC(F)(F)CC3)n2)c1.Fc1cnn(-c2nc(NC3CCC(F)(F)CC3)cc(N3CCOCC3)n2)c1.NC1CCC(F)(F)CC1. The van der Waals surface area contributed by atoms with Crippen molar-refractivity contribution in [3.05, 3.63) is 123 Å². The Morgan fingerprint density at radius 3 is 1.25 bits per heavy atom. The van der Waals surface area contributed by atoms with Crippen LogP contribution in [0.2, 0.25) is 25.8 Å². The minimum Gasteiger partial charge on any atom is -0.379 e. The van der Waals surface area contributed by atoms with Crippen molar-refractivity contribution in [3.63, 3.8) is 0 Å². The van der Waals surface area contributed by atoms with Crippen LogP contribution in [0.3, 0.4) is 0 Å². The van der Waals surface area contributed by atoms with Crippen LogP contribution in [0, 0.1) is 23.3 Å². The molecule has 25 nitrogen and oxygen atoms in total. The Bertz CT molecular complexity index is 3750. The molecule has 42 heteroatoms. The summed E-state index contributed by atoms with van der Waals surface area (Å²) in [5.41, 5.74) is 5.42. The molecular weight excluding hydrogens is 1450 g/mol. The smallest absolute Gasteiger partial charge is 0.254 e. The number of H-pyrrole nitrogens is 1. The van der Waals surface area contributed by atoms with Crippen molar-refractivity contribution < 1.29 is 61.8 Å². The maximum Gasteiger partial charge on any atom is 0.254 e. The van der Waals surface area contributed by atoms with Gasteiger partial charge in [0.2, 0.25) is 32.8 Å². The lowest BCUT2D eigenvalue weighted by Crippen LogP contribution is -2.37. The molecule has 5 aliphatic rings. The van der Waals surface area contributed by atoms with Crippen LogP contribution >= 0.6 is 70.4 Å². The number of morpholine rings is 2. The second-order valence-corrected chi connectivity index (χ2v) is 25.4. The molecule has 6 N–H and O–H groups in total. The summed E-state index contributed by atoms with van der Waals surface area (Å²) in [6.07, 6.45) is 11.7. The maximum absolute atomic E-state index is 13.4. The van der Waals surface area contributed by atoms with Crippen molar-refractivity contribution in [3.8, 4) is 17.8 Å². The van der Waals surface area contributed by atoms with Crippen molar-refractivity contribution >= 4 is 97.7 Å². The quantitative estimate of drug-likeness (QED) is 0.0509. The van der Waals surface area contributed by atoms with Crippen LogP contribution in [0.5, 0.6) is 0 Å². The molecule has 5 fully saturated rings. The molecule has 0 atom stereocenters. The number of aromatic amines is 1. The monoisotopic (exact) mass is 1520 g/mol. The Balaban J connectivity index is 0.000000190. The third-order valence-electron chi connectivity index (χ3n) is 13.8. The fourth-order valence-electron chi connectivity index (χ4n) is 8.98. The topological polar surface area (TPSA) is 303 Å². The Kier molecular flexibility index (Phi) is 30.7. The first kappa shape index (κ1) is 79.4. The predicted octanol–water partition coefficient (Wildman–Crippen LogP) is 11.5. The maximum atomic E-state index is 13.4. The molecule has 0 spiro atoms. The molecule has 3 saturated carbocycles. The highest BCUT2D eigenvalue weighted by atomic mass is 35.5. The predicted molar refractivity (Wildman–Crippen MR) is 343 cm³/mol. The Labute approximate surface area is 580 Å². The molecule has 97 heavy (non-hydrogen) atoms. The van der Waals surface area contributed by atoms with Crippen LogP contribution in [0.4, 0.5) is 61.4 Å². The van der Waals surface area contributed by atoms with E-state index in [4.69, 9.17) is 73.2 Å². The van der Waals surface area contributed by atoms with E-state index in [2.05, 4.69) is 86.2 Å². The zero-order valence-electron chi connectivity index (χ0n) is 51.2. The molecule has 13 rings (SSSR count). The van der Waals surface area contributed by atoms with Crippen molar-refractivity contribution in [2.45, 2.75) is 118 Å². The van der Waals surface area contributed by atoms with Gasteiger partial charge in [0.05, 0.1) is 76.0 Å². The summed E-state index contributed by atoms with van der Waals surface area (Å²) in [5.74, 6) is -7.34. The minimum atomic E-state index is -3.44. The average molecular weight is 1520 g/mol. The van der Waals surface area contributed by atoms with Crippen molar-refractivity contribution in [2.75, 3.05) is 74.4 Å². The summed E-state index contributed by atoms with van der Waals surface area (Å²) in [6.45, 7) is 6.38. The van der Waals surface area contributed by atoms with Crippen molar-refractivity contribution in [1.29, 1.82) is 0 Å². The second-order valence-electron chi connectivity index (χ2n) is 21.6. The van der Waals surface area contributed by atoms with Crippen LogP contribution in [0.25, 0.3) is 17.8 Å². The summed E-state index contributed by atoms with van der Waals surface area (Å²) in [4.78, 5) is 33.7. The van der Waals surface area contributed by atoms with Gasteiger partial charge in [-0.3, -0.25) is 5.10 Å². The fourth-order valence-corrected chi connectivity index (χ4v) is 10.6. The number of nitrogens with one attached hydrogen (secondary N) is 4. The largest absolute Gasteiger partial charge is 0.379 e. The third-order valence-corrected chi connectivity index (χ3v) is 15.6. The normalized spacial score (nSPS) is 17.5. The van der Waals surface area contributed by atoms with Gasteiger partial charge in [0.15, 0.2) is 23.3 Å². The van der Waals surface area contributed by atoms with Crippen LogP contribution in [-0.4, -0.2) is 183 Å². The van der Waals surface area contributed by atoms with E-state index in [-0.39, 0.29) is 124 Å². The summed E-state index contributed by atoms with van der Waals surface area (Å²) in [6, 6.07) is 5.76. The first-order valence-electron chi connectivity index (χ1n) is 29.3. The van der Waals surface area contributed by atoms with Crippen LogP contribution < -0.4 is 26.6 Å². The zero-order chi connectivity index (χ0) is 69.6. The van der Waals surface area contributed by atoms with Crippen molar-refractivity contribution in [2.24, 2.45) is 5.73 Å². The standard InChI is InChI=1S/C17H21F3N6O.C13H13ClF3N5.C7H3Cl2FN4.C6H11F2N.C5H4Cl2N2O2S.C4H9NO.C3H3FN2.ClH/c18-12-10-21-26(11-12)16-23-14(22-13-1-3-17(19,20)4-2-13)9-15(24-16)25-5-7-27-8-6-25;14-10-5-11(19-9-1-3-13(16,17)4-2-9)21-12(20-10)22-7-8(15)6-18-22;8-5-1-6(9)13-7(12-5)14-3-4(10)2-11-14;7-6(8)3-1-5(9)2-4-6;1-12(10,11)5-8-3(6)2-4(7)9-5;1-3-6-4-2-5-1;4-3-1-5-6-2-3;/h9-11,13H,1-8H2,(H,22,23,24);5-7,9H,1-4H2,(H,19,20,21);1-3H;5H,1-4,9H2;2H,1H3;5H,1-4H2;1-2H,(H,5,6);1H. The number of hydrogen-bond acceptors (Lipinski definition) is 21. The van der Waals surface area contributed by atoms with E-state index < -0.39 is 45.1 Å². The first-order chi connectivity index (χ1) is 45.4. The summed E-state index contributed by atoms with van der Waals surface area (Å²) >= 11 is 28.1. The van der Waals surface area contributed by atoms with Gasteiger partial charge in [0.1, 0.15) is 43.2 Å². The van der Waals surface area contributed by atoms with E-state index in [0.29, 0.717) is 82.3 Å². The van der Waals surface area contributed by atoms with E-state index in [9.17, 15) is 52.3 Å². The lowest BCUT2D eigenvalue weighted by atomic mass is 9.92. The lowest BCUT2D eigenvalue weighted by molar-refractivity contribution is -0.0378. The molecule has 0 unspecified atom stereocenters. The fraction of sp³-hybridized carbons (Fsp3) is 0.491. The molecule has 8 aromatic rings. The third kappa shape index (κ3) is 28.3. The van der Waals surface area contributed by atoms with E-state index in [1.54, 1.807) is 6.07 Å². The number of halogens is 16. The lowest BCUT2D eigenvalue weighted by Gasteiger charge is -2.30. The molecule has 0 radical (unpaired) electrons. The second kappa shape index (κ2) is 37.5. The minimum absolute atomic E-state index is 0. The number of alkyl halides is 6. The van der Waals surface area contributed by atoms with E-state index >= 15 is 0 Å². The Hall–Kier alpha value is -6.61. The van der Waals surface area contributed by atoms with Crippen molar-refractivity contribution in [1.82, 2.24) is 84.7 Å². The number of aromatic nitrogens is 16. The molecule has 3 aliphatic carbocycles. The number of hydrogen-bond donors (Lipinski definition) is 5. The van der Waals surface area contributed by atoms with Gasteiger partial charge in [-0.25, -0.2) is 76.3 Å². The molecule has 0 amide bonds. The van der Waals surface area contributed by atoms with Gasteiger partial charge >= 0.3 is 0 Å². The van der Waals surface area contributed by atoms with Crippen LogP contribution in [0.1, 0.15) is 77.0 Å². The van der Waals surface area contributed by atoms with Crippen LogP contribution in [0.15, 0.2) is 79.0 Å². The number of rotatable bonds is 9. The Morgan fingerprint density at radius 2 is 0.907 bits per heavy atom. The molecule has 10 heterocycles. The Morgan fingerprint density at radius 1 is 0.526 bits per heavy atom. The number of nitrogens with two attached hydrogens (primary N) is 1. The molecular formula is C55H65Cl6F10N21O4S. The van der Waals surface area contributed by atoms with Gasteiger partial charge in [0, 0.05) is 113 Å². The number of nitrogens with zero attached hydrogens (tertiary/aromatic N) is 16. The highest BCUT2D eigenvalue weighted by Crippen LogP contribution is 2.36. The molecule has 0 aromatic carbocycles. The first-order valence-corrected chi connectivity index (χ1v) is 33.0. The summed E-state index contributed by atoms with van der Waals surface area (Å²) in [5, 5.41) is 26.6. The molecule has 2 aliphatic heterocycles. The number of ether oxygens (including phenoxy) is 2. The molecule has 532 valence electrons. The van der Waals surface area contributed by atoms with E-state index in [1.165, 1.54) is 35.3 Å². The highest BCUT2D eigenvalue weighted by Gasteiger charge is 2.37. The van der Waals surface area contributed by atoms with Gasteiger partial charge in [-0.05, 0) is 38.5 Å². The molecule has 2 saturated heterocycles. The summed E-state index contributed by atoms with van der Waals surface area (Å²) < 4.78 is 164. The van der Waals surface area contributed by atoms with E-state index in [0.717, 1.165) is 79.1 Å². The highest BCUT2D eigenvalue weighted by molar-refractivity contribution is 7.90. The van der Waals surface area contributed by atoms with Crippen LogP contribution in [-0.2, 0) is 19.3 Å². The number of sulfone groups is 1. The average Bonchev–Trinajstić information content (AvgIpc) is 1.81. The van der Waals surface area contributed by atoms with Gasteiger partial charge in [-0.2, -0.15) is 50.3 Å². The summed E-state index contributed by atoms with van der Waals surface area (Å²) in [7, 11) is -3.44. The zero-order valence-corrected chi connectivity index (χ0v) is 56.6. The van der Waals surface area contributed by atoms with Gasteiger partial charge < -0.3 is 36.1 Å². The van der Waals surface area contributed by atoms with Gasteiger partial charge in [0.25, 0.3) is 17.8 Å². The van der Waals surface area contributed by atoms with Gasteiger partial charge in [-0.1, -0.05) is 58.0 Å². The van der Waals surface area contributed by atoms with Gasteiger partial charge in [-0.15, -0.1) is 12.4 Å². The molecule has 0 bridgehead atoms. The van der Waals surface area contributed by atoms with E-state index in [1.807, 2.05) is 0 Å².